The lowest BCUT2D eigenvalue weighted by molar-refractivity contribution is 0.392. The highest BCUT2D eigenvalue weighted by molar-refractivity contribution is 9.11. The molecule has 21 heavy (non-hydrogen) atoms. The average molecular weight is 387 g/mol. The van der Waals surface area contributed by atoms with Gasteiger partial charge in [0.05, 0.1) is 8.68 Å². The van der Waals surface area contributed by atoms with E-state index in [-0.39, 0.29) is 0 Å². The number of anilines is 1. The van der Waals surface area contributed by atoms with Gasteiger partial charge in [0.15, 0.2) is 0 Å². The molecule has 1 aliphatic heterocycles. The van der Waals surface area contributed by atoms with Crippen LogP contribution in [-0.2, 0) is 23.0 Å². The molecule has 0 atom stereocenters. The highest BCUT2D eigenvalue weighted by Crippen LogP contribution is 2.34. The number of thiophene rings is 1. The summed E-state index contributed by atoms with van der Waals surface area (Å²) in [4.78, 5) is 1.19. The van der Waals surface area contributed by atoms with Gasteiger partial charge in [0.2, 0.25) is 10.0 Å². The fourth-order valence-electron chi connectivity index (χ4n) is 2.61. The van der Waals surface area contributed by atoms with Crippen molar-refractivity contribution in [3.8, 4) is 0 Å². The fraction of sp³-hybridized carbons (Fsp3) is 0.286. The van der Waals surface area contributed by atoms with Gasteiger partial charge in [-0.1, -0.05) is 12.1 Å². The van der Waals surface area contributed by atoms with Crippen molar-refractivity contribution in [2.45, 2.75) is 24.8 Å². The van der Waals surface area contributed by atoms with Gasteiger partial charge in [0.25, 0.3) is 0 Å². The monoisotopic (exact) mass is 386 g/mol. The molecule has 0 saturated heterocycles. The molecule has 4 nitrogen and oxygen atoms in total. The highest BCUT2D eigenvalue weighted by Gasteiger charge is 2.31. The van der Waals surface area contributed by atoms with Crippen LogP contribution in [0.15, 0.2) is 32.9 Å². The Morgan fingerprint density at radius 3 is 2.81 bits per heavy atom. The lowest BCUT2D eigenvalue weighted by atomic mass is 10.00. The van der Waals surface area contributed by atoms with Crippen LogP contribution in [0.5, 0.6) is 0 Å². The third kappa shape index (κ3) is 2.63. The molecule has 3 rings (SSSR count). The second-order valence-corrected chi connectivity index (χ2v) is 9.59. The fourth-order valence-corrected chi connectivity index (χ4v) is 6.41. The van der Waals surface area contributed by atoms with Crippen molar-refractivity contribution in [3.05, 3.63) is 44.1 Å². The lowest BCUT2D eigenvalue weighted by Gasteiger charge is -2.28. The van der Waals surface area contributed by atoms with Crippen LogP contribution in [0, 0.1) is 6.92 Å². The van der Waals surface area contributed by atoms with Gasteiger partial charge in [0.1, 0.15) is 0 Å². The number of halogens is 1. The maximum absolute atomic E-state index is 12.8. The molecule has 0 amide bonds. The minimum atomic E-state index is -3.47. The second kappa shape index (κ2) is 5.39. The van der Waals surface area contributed by atoms with Crippen molar-refractivity contribution in [1.82, 2.24) is 4.31 Å². The van der Waals surface area contributed by atoms with E-state index in [1.807, 2.05) is 25.1 Å². The van der Waals surface area contributed by atoms with E-state index in [1.54, 1.807) is 6.07 Å². The summed E-state index contributed by atoms with van der Waals surface area (Å²) in [5.41, 5.74) is 8.73. The largest absolute Gasteiger partial charge is 0.398 e. The molecule has 0 spiro atoms. The van der Waals surface area contributed by atoms with Crippen LogP contribution in [0.25, 0.3) is 0 Å². The van der Waals surface area contributed by atoms with Crippen molar-refractivity contribution >= 4 is 43.0 Å². The minimum Gasteiger partial charge on any atom is -0.398 e. The van der Waals surface area contributed by atoms with Crippen molar-refractivity contribution in [1.29, 1.82) is 0 Å². The number of rotatable bonds is 2. The van der Waals surface area contributed by atoms with Crippen LogP contribution in [0.4, 0.5) is 5.69 Å². The van der Waals surface area contributed by atoms with E-state index in [4.69, 9.17) is 5.73 Å². The van der Waals surface area contributed by atoms with E-state index < -0.39 is 10.0 Å². The van der Waals surface area contributed by atoms with E-state index >= 15 is 0 Å². The number of fused-ring (bicyclic) bond motifs is 1. The van der Waals surface area contributed by atoms with Gasteiger partial charge < -0.3 is 5.73 Å². The van der Waals surface area contributed by atoms with Gasteiger partial charge in [-0.3, -0.25) is 0 Å². The number of hydrogen-bond donors (Lipinski definition) is 1. The van der Waals surface area contributed by atoms with Gasteiger partial charge in [-0.25, -0.2) is 8.42 Å². The van der Waals surface area contributed by atoms with Gasteiger partial charge in [0, 0.05) is 23.7 Å². The van der Waals surface area contributed by atoms with E-state index in [2.05, 4.69) is 15.9 Å². The maximum Gasteiger partial charge on any atom is 0.244 e. The van der Waals surface area contributed by atoms with Crippen LogP contribution in [-0.4, -0.2) is 19.3 Å². The van der Waals surface area contributed by atoms with Crippen molar-refractivity contribution in [3.63, 3.8) is 0 Å². The highest BCUT2D eigenvalue weighted by atomic mass is 79.9. The molecule has 0 saturated carbocycles. The first-order valence-corrected chi connectivity index (χ1v) is 9.57. The van der Waals surface area contributed by atoms with E-state index in [9.17, 15) is 8.42 Å². The van der Waals surface area contributed by atoms with Gasteiger partial charge in [-0.2, -0.15) is 4.31 Å². The zero-order valence-corrected chi connectivity index (χ0v) is 14.7. The first-order chi connectivity index (χ1) is 9.89. The molecule has 0 fully saturated rings. The average Bonchev–Trinajstić information content (AvgIpc) is 2.78. The van der Waals surface area contributed by atoms with Crippen LogP contribution in [0.1, 0.15) is 16.0 Å². The summed E-state index contributed by atoms with van der Waals surface area (Å²) in [6.07, 6.45) is 0.698. The zero-order valence-electron chi connectivity index (χ0n) is 11.5. The summed E-state index contributed by atoms with van der Waals surface area (Å²) in [5.74, 6) is 0. The maximum atomic E-state index is 12.8. The molecule has 2 aromatic rings. The molecule has 1 aromatic heterocycles. The number of benzene rings is 1. The summed E-state index contributed by atoms with van der Waals surface area (Å²) in [7, 11) is -3.47. The van der Waals surface area contributed by atoms with Crippen molar-refractivity contribution in [2.75, 3.05) is 12.3 Å². The standard InChI is InChI=1S/C14H15BrN2O2S2/c1-9-13(7-14(15)20-9)21(18,19)17-6-5-10-3-2-4-12(16)11(10)8-17/h2-4,7H,5-6,8,16H2,1H3. The first-order valence-electron chi connectivity index (χ1n) is 6.52. The molecule has 0 radical (unpaired) electrons. The molecular weight excluding hydrogens is 372 g/mol. The summed E-state index contributed by atoms with van der Waals surface area (Å²) >= 11 is 4.79. The summed E-state index contributed by atoms with van der Waals surface area (Å²) in [6, 6.07) is 7.43. The smallest absolute Gasteiger partial charge is 0.244 e. The first kappa shape index (κ1) is 15.0. The molecule has 1 aromatic carbocycles. The molecule has 2 N–H and O–H groups in total. The van der Waals surface area contributed by atoms with Gasteiger partial charge >= 0.3 is 0 Å². The minimum absolute atomic E-state index is 0.344. The van der Waals surface area contributed by atoms with E-state index in [1.165, 1.54) is 15.6 Å². The van der Waals surface area contributed by atoms with Crippen LogP contribution < -0.4 is 5.73 Å². The van der Waals surface area contributed by atoms with Crippen molar-refractivity contribution < 1.29 is 8.42 Å². The predicted octanol–water partition coefficient (Wildman–Crippen LogP) is 3.15. The summed E-state index contributed by atoms with van der Waals surface area (Å²) in [6.45, 7) is 2.66. The summed E-state index contributed by atoms with van der Waals surface area (Å²) in [5, 5.41) is 0. The Morgan fingerprint density at radius 1 is 1.38 bits per heavy atom. The number of hydrogen-bond acceptors (Lipinski definition) is 4. The molecule has 1 aliphatic rings. The lowest BCUT2D eigenvalue weighted by Crippen LogP contribution is -2.36. The van der Waals surface area contributed by atoms with Crippen LogP contribution >= 0.6 is 27.3 Å². The molecule has 112 valence electrons. The number of nitrogens with two attached hydrogens (primary N) is 1. The topological polar surface area (TPSA) is 63.4 Å². The van der Waals surface area contributed by atoms with Gasteiger partial charge in [-0.15, -0.1) is 11.3 Å². The van der Waals surface area contributed by atoms with E-state index in [0.29, 0.717) is 30.1 Å². The molecule has 7 heteroatoms. The second-order valence-electron chi connectivity index (χ2n) is 5.04. The predicted molar refractivity (Wildman–Crippen MR) is 88.9 cm³/mol. The third-order valence-electron chi connectivity index (χ3n) is 3.73. The zero-order chi connectivity index (χ0) is 15.2. The molecule has 2 heterocycles. The Labute approximate surface area is 136 Å². The molecule has 0 bridgehead atoms. The Kier molecular flexibility index (Phi) is 3.85. The number of aryl methyl sites for hydroxylation is 1. The Hall–Kier alpha value is -0.890. The summed E-state index contributed by atoms with van der Waals surface area (Å²) < 4.78 is 28.0. The SMILES string of the molecule is Cc1sc(Br)cc1S(=O)(=O)N1CCc2cccc(N)c2C1. The molecular formula is C14H15BrN2O2S2. The third-order valence-corrected chi connectivity index (χ3v) is 7.39. The number of nitrogen functional groups attached to an aromatic ring is 1. The Balaban J connectivity index is 1.99. The van der Waals surface area contributed by atoms with Crippen molar-refractivity contribution in [2.24, 2.45) is 0 Å². The Morgan fingerprint density at radius 2 is 2.14 bits per heavy atom. The van der Waals surface area contributed by atoms with Gasteiger partial charge in [-0.05, 0) is 52.5 Å². The normalized spacial score (nSPS) is 15.9. The number of sulfonamides is 1. The van der Waals surface area contributed by atoms with E-state index in [0.717, 1.165) is 19.8 Å². The molecule has 0 unspecified atom stereocenters. The van der Waals surface area contributed by atoms with Crippen LogP contribution in [0.3, 0.4) is 0 Å². The number of nitrogens with zero attached hydrogens (tertiary/aromatic N) is 1. The molecule has 0 aliphatic carbocycles. The Bertz CT molecular complexity index is 799. The quantitative estimate of drug-likeness (QED) is 0.806. The van der Waals surface area contributed by atoms with Crippen LogP contribution in [0.2, 0.25) is 0 Å².